The van der Waals surface area contributed by atoms with E-state index in [0.29, 0.717) is 10.7 Å². The molecule has 0 radical (unpaired) electrons. The van der Waals surface area contributed by atoms with Gasteiger partial charge in [-0.3, -0.25) is 9.59 Å². The first-order valence-corrected chi connectivity index (χ1v) is 11.6. The molecular weight excluding hydrogens is 540 g/mol. The summed E-state index contributed by atoms with van der Waals surface area (Å²) in [6, 6.07) is 16.5. The largest absolute Gasteiger partial charge is 0.384 e. The number of nitrogens with zero attached hydrogens (tertiary/aromatic N) is 1. The number of nitrogens with one attached hydrogen (secondary N) is 1. The van der Waals surface area contributed by atoms with Crippen molar-refractivity contribution in [3.8, 4) is 0 Å². The predicted molar refractivity (Wildman–Crippen MR) is 123 cm³/mol. The highest BCUT2D eigenvalue weighted by molar-refractivity contribution is 9.19. The summed E-state index contributed by atoms with van der Waals surface area (Å²) in [5.74, 6) is 0.143. The minimum atomic E-state index is -0.0162. The van der Waals surface area contributed by atoms with E-state index in [1.165, 1.54) is 23.2 Å². The quantitative estimate of drug-likeness (QED) is 0.419. The number of fused-ring (bicyclic) bond motifs is 2. The molecule has 0 bridgehead atoms. The van der Waals surface area contributed by atoms with Crippen molar-refractivity contribution < 1.29 is 9.59 Å². The monoisotopic (exact) mass is 558 g/mol. The molecule has 0 aliphatic carbocycles. The standard InChI is InChI=1S/C10H10BrNO.C8H9N.C2H2Br2O/c11-7-10(13)12-6-5-8-3-1-2-4-9(8)12;1-2-4-8-7(3-1)5-6-9-8;3-1-2(4)5/h1-4H,5-7H2;1-4,9H,5-6H2;1H2. The summed E-state index contributed by atoms with van der Waals surface area (Å²) in [6.45, 7) is 1.93. The van der Waals surface area contributed by atoms with Crippen molar-refractivity contribution in [2.45, 2.75) is 12.8 Å². The number of alkyl halides is 2. The molecule has 27 heavy (non-hydrogen) atoms. The molecule has 1 amide bonds. The van der Waals surface area contributed by atoms with E-state index in [4.69, 9.17) is 0 Å². The van der Waals surface area contributed by atoms with Crippen molar-refractivity contribution in [1.82, 2.24) is 0 Å². The Morgan fingerprint density at radius 3 is 2.19 bits per heavy atom. The van der Waals surface area contributed by atoms with Crippen LogP contribution in [0.4, 0.5) is 11.4 Å². The maximum atomic E-state index is 11.5. The zero-order valence-electron chi connectivity index (χ0n) is 14.8. The number of benzene rings is 2. The molecule has 144 valence electrons. The van der Waals surface area contributed by atoms with Gasteiger partial charge in [-0.15, -0.1) is 0 Å². The summed E-state index contributed by atoms with van der Waals surface area (Å²) in [6.07, 6.45) is 2.17. The molecule has 4 rings (SSSR count). The van der Waals surface area contributed by atoms with Crippen molar-refractivity contribution in [1.29, 1.82) is 0 Å². The maximum absolute atomic E-state index is 11.5. The van der Waals surface area contributed by atoms with Gasteiger partial charge in [0.05, 0.1) is 10.7 Å². The van der Waals surface area contributed by atoms with E-state index in [1.54, 1.807) is 0 Å². The van der Waals surface area contributed by atoms with Gasteiger partial charge in [0.1, 0.15) is 0 Å². The molecule has 0 fully saturated rings. The molecule has 2 aromatic rings. The van der Waals surface area contributed by atoms with Crippen LogP contribution in [0.2, 0.25) is 0 Å². The molecule has 0 saturated heterocycles. The van der Waals surface area contributed by atoms with E-state index < -0.39 is 0 Å². The summed E-state index contributed by atoms with van der Waals surface area (Å²) < 4.78 is -0.0162. The second-order valence-electron chi connectivity index (χ2n) is 5.88. The normalized spacial score (nSPS) is 13.2. The van der Waals surface area contributed by atoms with Gasteiger partial charge in [0.25, 0.3) is 0 Å². The molecule has 0 aromatic heterocycles. The molecular formula is C20H21Br3N2O2. The average molecular weight is 561 g/mol. The molecule has 0 atom stereocenters. The van der Waals surface area contributed by atoms with Gasteiger partial charge in [0, 0.05) is 24.5 Å². The van der Waals surface area contributed by atoms with E-state index in [9.17, 15) is 9.59 Å². The molecule has 2 aliphatic rings. The first-order chi connectivity index (χ1) is 13.1. The van der Waals surface area contributed by atoms with E-state index in [1.807, 2.05) is 23.1 Å². The van der Waals surface area contributed by atoms with Crippen LogP contribution in [0.3, 0.4) is 0 Å². The highest BCUT2D eigenvalue weighted by Gasteiger charge is 2.22. The molecule has 2 aliphatic heterocycles. The maximum Gasteiger partial charge on any atom is 0.237 e. The summed E-state index contributed by atoms with van der Waals surface area (Å²) in [5.41, 5.74) is 5.12. The third kappa shape index (κ3) is 6.73. The fourth-order valence-electron chi connectivity index (χ4n) is 2.91. The lowest BCUT2D eigenvalue weighted by Crippen LogP contribution is -2.29. The zero-order valence-corrected chi connectivity index (χ0v) is 19.5. The first-order valence-electron chi connectivity index (χ1n) is 8.57. The smallest absolute Gasteiger partial charge is 0.237 e. The van der Waals surface area contributed by atoms with Gasteiger partial charge in [-0.25, -0.2) is 0 Å². The fourth-order valence-corrected chi connectivity index (χ4v) is 3.21. The van der Waals surface area contributed by atoms with Crippen molar-refractivity contribution in [3.63, 3.8) is 0 Å². The SMILES string of the molecule is O=C(Br)CBr.O=C(CBr)N1CCc2ccccc21.c1ccc2c(c1)CCN2. The van der Waals surface area contributed by atoms with Crippen molar-refractivity contribution in [3.05, 3.63) is 59.7 Å². The van der Waals surface area contributed by atoms with Gasteiger partial charge in [-0.2, -0.15) is 0 Å². The molecule has 2 aromatic carbocycles. The second-order valence-corrected chi connectivity index (χ2v) is 7.89. The molecule has 1 N–H and O–H groups in total. The number of anilines is 2. The Morgan fingerprint density at radius 1 is 0.926 bits per heavy atom. The predicted octanol–water partition coefficient (Wildman–Crippen LogP) is 4.93. The van der Waals surface area contributed by atoms with Crippen LogP contribution in [0.1, 0.15) is 11.1 Å². The molecule has 4 nitrogen and oxygen atoms in total. The summed E-state index contributed by atoms with van der Waals surface area (Å²) >= 11 is 8.79. The minimum absolute atomic E-state index is 0.0162. The molecule has 0 saturated carbocycles. The third-order valence-electron chi connectivity index (χ3n) is 4.13. The number of carbonyl (C=O) groups excluding carboxylic acids is 2. The lowest BCUT2D eigenvalue weighted by Gasteiger charge is -2.15. The van der Waals surface area contributed by atoms with Crippen LogP contribution in [0, 0.1) is 0 Å². The first kappa shape index (κ1) is 22.1. The summed E-state index contributed by atoms with van der Waals surface area (Å²) in [7, 11) is 0. The van der Waals surface area contributed by atoms with Crippen LogP contribution in [0.5, 0.6) is 0 Å². The number of amides is 1. The number of rotatable bonds is 2. The van der Waals surface area contributed by atoms with E-state index in [-0.39, 0.29) is 10.6 Å². The molecule has 0 spiro atoms. The number of para-hydroxylation sites is 2. The highest BCUT2D eigenvalue weighted by Crippen LogP contribution is 2.27. The Hall–Kier alpha value is -1.18. The third-order valence-corrected chi connectivity index (χ3v) is 6.16. The van der Waals surface area contributed by atoms with Gasteiger partial charge in [0.2, 0.25) is 10.6 Å². The van der Waals surface area contributed by atoms with Crippen molar-refractivity contribution >= 4 is 69.8 Å². The molecule has 2 heterocycles. The summed E-state index contributed by atoms with van der Waals surface area (Å²) in [4.78, 5) is 23.0. The molecule has 0 unspecified atom stereocenters. The topological polar surface area (TPSA) is 49.4 Å². The van der Waals surface area contributed by atoms with Crippen LogP contribution in [-0.2, 0) is 22.4 Å². The highest BCUT2D eigenvalue weighted by atomic mass is 79.9. The van der Waals surface area contributed by atoms with Crippen LogP contribution in [0.25, 0.3) is 0 Å². The minimum Gasteiger partial charge on any atom is -0.384 e. The fraction of sp³-hybridized carbons (Fsp3) is 0.300. The Morgan fingerprint density at radius 2 is 1.56 bits per heavy atom. The number of hydrogen-bond donors (Lipinski definition) is 1. The van der Waals surface area contributed by atoms with Crippen LogP contribution in [-0.4, -0.2) is 34.3 Å². The number of halogens is 3. The van der Waals surface area contributed by atoms with E-state index >= 15 is 0 Å². The van der Waals surface area contributed by atoms with Gasteiger partial charge >= 0.3 is 0 Å². The van der Waals surface area contributed by atoms with Gasteiger partial charge in [-0.05, 0) is 52.0 Å². The van der Waals surface area contributed by atoms with Crippen LogP contribution < -0.4 is 10.2 Å². The Bertz CT molecular complexity index is 760. The Balaban J connectivity index is 0.000000162. The van der Waals surface area contributed by atoms with Crippen molar-refractivity contribution in [2.75, 3.05) is 34.0 Å². The van der Waals surface area contributed by atoms with E-state index in [2.05, 4.69) is 83.4 Å². The lowest BCUT2D eigenvalue weighted by atomic mass is 10.2. The van der Waals surface area contributed by atoms with Crippen LogP contribution >= 0.6 is 47.8 Å². The summed E-state index contributed by atoms with van der Waals surface area (Å²) in [5, 5.41) is 4.10. The van der Waals surface area contributed by atoms with Gasteiger partial charge < -0.3 is 10.2 Å². The van der Waals surface area contributed by atoms with Crippen molar-refractivity contribution in [2.24, 2.45) is 0 Å². The Kier molecular flexibility index (Phi) is 9.51. The lowest BCUT2D eigenvalue weighted by molar-refractivity contribution is -0.116. The average Bonchev–Trinajstić information content (AvgIpc) is 3.35. The van der Waals surface area contributed by atoms with Gasteiger partial charge in [0.15, 0.2) is 0 Å². The Labute approximate surface area is 185 Å². The van der Waals surface area contributed by atoms with E-state index in [0.717, 1.165) is 25.2 Å². The number of hydrogen-bond acceptors (Lipinski definition) is 3. The zero-order chi connectivity index (χ0) is 19.6. The molecule has 7 heteroatoms. The van der Waals surface area contributed by atoms with Gasteiger partial charge in [-0.1, -0.05) is 68.3 Å². The van der Waals surface area contributed by atoms with Crippen LogP contribution in [0.15, 0.2) is 48.5 Å². The second kappa shape index (κ2) is 11.6. The number of carbonyl (C=O) groups is 2.